The van der Waals surface area contributed by atoms with Gasteiger partial charge in [0.15, 0.2) is 0 Å². The number of hydrogen-bond acceptors (Lipinski definition) is 3. The average Bonchev–Trinajstić information content (AvgIpc) is 3.11. The monoisotopic (exact) mass is 269 g/mol. The summed E-state index contributed by atoms with van der Waals surface area (Å²) < 4.78 is 6.42. The minimum absolute atomic E-state index is 0.851. The Balaban J connectivity index is 1.93. The number of hydrogen-bond donors (Lipinski definition) is 2. The first-order chi connectivity index (χ1) is 9.35. The number of aromatic nitrogens is 3. The smallest absolute Gasteiger partial charge is 0.126 e. The molecular formula is C14H11N3OS. The number of rotatable bonds is 2. The van der Waals surface area contributed by atoms with Gasteiger partial charge in [0.05, 0.1) is 23.0 Å². The molecule has 5 heteroatoms. The van der Waals surface area contributed by atoms with Crippen LogP contribution in [0.25, 0.3) is 32.5 Å². The quantitative estimate of drug-likeness (QED) is 0.582. The standard InChI is InChI=1S/C14H11N3OS/c1-18-9-3-2-8-6-12(15-11(8)7-9)13-14-10(16-17-13)4-5-19-14/h2-7,15H,1H3,(H,16,17). The Bertz CT molecular complexity index is 871. The lowest BCUT2D eigenvalue weighted by Gasteiger charge is -1.97. The Morgan fingerprint density at radius 1 is 1.16 bits per heavy atom. The lowest BCUT2D eigenvalue weighted by Crippen LogP contribution is -1.81. The highest BCUT2D eigenvalue weighted by atomic mass is 32.1. The molecule has 4 rings (SSSR count). The van der Waals surface area contributed by atoms with Gasteiger partial charge in [0, 0.05) is 17.0 Å². The summed E-state index contributed by atoms with van der Waals surface area (Å²) in [5.74, 6) is 0.851. The molecule has 4 nitrogen and oxygen atoms in total. The summed E-state index contributed by atoms with van der Waals surface area (Å²) in [6, 6.07) is 10.2. The van der Waals surface area contributed by atoms with Crippen molar-refractivity contribution in [2.45, 2.75) is 0 Å². The molecule has 0 fully saturated rings. The molecule has 0 saturated heterocycles. The maximum absolute atomic E-state index is 5.24. The van der Waals surface area contributed by atoms with Crippen LogP contribution in [0.4, 0.5) is 0 Å². The first kappa shape index (κ1) is 10.6. The Morgan fingerprint density at radius 2 is 2.11 bits per heavy atom. The minimum Gasteiger partial charge on any atom is -0.497 e. The molecule has 0 aliphatic heterocycles. The second-order valence-corrected chi connectivity index (χ2v) is 5.29. The molecule has 0 amide bonds. The fourth-order valence-corrected chi connectivity index (χ4v) is 3.14. The summed E-state index contributed by atoms with van der Waals surface area (Å²) in [5, 5.41) is 10.7. The van der Waals surface area contributed by atoms with Gasteiger partial charge < -0.3 is 9.72 Å². The molecule has 0 bridgehead atoms. The van der Waals surface area contributed by atoms with Gasteiger partial charge in [-0.05, 0) is 29.6 Å². The molecule has 0 atom stereocenters. The second kappa shape index (κ2) is 3.86. The van der Waals surface area contributed by atoms with Gasteiger partial charge in [-0.2, -0.15) is 5.10 Å². The average molecular weight is 269 g/mol. The summed E-state index contributed by atoms with van der Waals surface area (Å²) in [6.45, 7) is 0. The van der Waals surface area contributed by atoms with E-state index in [0.29, 0.717) is 0 Å². The van der Waals surface area contributed by atoms with E-state index in [9.17, 15) is 0 Å². The number of fused-ring (bicyclic) bond motifs is 2. The number of methoxy groups -OCH3 is 1. The predicted octanol–water partition coefficient (Wildman–Crippen LogP) is 3.78. The van der Waals surface area contributed by atoms with Gasteiger partial charge in [-0.3, -0.25) is 5.10 Å². The maximum Gasteiger partial charge on any atom is 0.126 e. The fourth-order valence-electron chi connectivity index (χ4n) is 2.29. The number of H-pyrrole nitrogens is 2. The SMILES string of the molecule is COc1ccc2cc(-c3n[nH]c4ccsc34)[nH]c2c1. The summed E-state index contributed by atoms with van der Waals surface area (Å²) in [5.41, 5.74) is 4.13. The van der Waals surface area contributed by atoms with Crippen LogP contribution in [0, 0.1) is 0 Å². The van der Waals surface area contributed by atoms with Crippen molar-refractivity contribution >= 4 is 32.5 Å². The van der Waals surface area contributed by atoms with Gasteiger partial charge in [0.2, 0.25) is 0 Å². The van der Waals surface area contributed by atoms with Crippen LogP contribution in [0.1, 0.15) is 0 Å². The lowest BCUT2D eigenvalue weighted by molar-refractivity contribution is 0.415. The largest absolute Gasteiger partial charge is 0.497 e. The van der Waals surface area contributed by atoms with Crippen LogP contribution in [0.15, 0.2) is 35.7 Å². The lowest BCUT2D eigenvalue weighted by atomic mass is 10.2. The molecule has 19 heavy (non-hydrogen) atoms. The summed E-state index contributed by atoms with van der Waals surface area (Å²) in [7, 11) is 1.67. The highest BCUT2D eigenvalue weighted by molar-refractivity contribution is 7.17. The molecule has 0 saturated carbocycles. The van der Waals surface area contributed by atoms with Crippen molar-refractivity contribution in [3.8, 4) is 17.1 Å². The van der Waals surface area contributed by atoms with E-state index in [0.717, 1.165) is 33.6 Å². The van der Waals surface area contributed by atoms with Crippen molar-refractivity contribution in [3.05, 3.63) is 35.7 Å². The topological polar surface area (TPSA) is 53.7 Å². The van der Waals surface area contributed by atoms with E-state index in [1.54, 1.807) is 18.4 Å². The van der Waals surface area contributed by atoms with Crippen molar-refractivity contribution < 1.29 is 4.74 Å². The number of nitrogens with zero attached hydrogens (tertiary/aromatic N) is 1. The highest BCUT2D eigenvalue weighted by Crippen LogP contribution is 2.32. The van der Waals surface area contributed by atoms with E-state index in [4.69, 9.17) is 4.74 Å². The Morgan fingerprint density at radius 3 is 3.00 bits per heavy atom. The first-order valence-electron chi connectivity index (χ1n) is 5.94. The van der Waals surface area contributed by atoms with Crippen molar-refractivity contribution in [1.29, 1.82) is 0 Å². The first-order valence-corrected chi connectivity index (χ1v) is 6.82. The van der Waals surface area contributed by atoms with Crippen LogP contribution >= 0.6 is 11.3 Å². The molecule has 94 valence electrons. The minimum atomic E-state index is 0.851. The van der Waals surface area contributed by atoms with Crippen LogP contribution in [0.5, 0.6) is 5.75 Å². The van der Waals surface area contributed by atoms with Gasteiger partial charge in [-0.1, -0.05) is 0 Å². The fraction of sp³-hybridized carbons (Fsp3) is 0.0714. The van der Waals surface area contributed by atoms with Gasteiger partial charge in [0.25, 0.3) is 0 Å². The molecule has 0 aliphatic carbocycles. The third kappa shape index (κ3) is 1.55. The molecule has 2 N–H and O–H groups in total. The van der Waals surface area contributed by atoms with E-state index < -0.39 is 0 Å². The number of ether oxygens (including phenoxy) is 1. The van der Waals surface area contributed by atoms with Crippen molar-refractivity contribution in [3.63, 3.8) is 0 Å². The van der Waals surface area contributed by atoms with Crippen molar-refractivity contribution in [1.82, 2.24) is 15.2 Å². The van der Waals surface area contributed by atoms with Crippen LogP contribution in [0.2, 0.25) is 0 Å². The van der Waals surface area contributed by atoms with Gasteiger partial charge in [-0.15, -0.1) is 11.3 Å². The molecule has 3 heterocycles. The summed E-state index contributed by atoms with van der Waals surface area (Å²) in [6.07, 6.45) is 0. The molecule has 1 aromatic carbocycles. The number of nitrogens with one attached hydrogen (secondary N) is 2. The zero-order valence-electron chi connectivity index (χ0n) is 10.2. The number of aromatic amines is 2. The number of thiophene rings is 1. The third-order valence-corrected chi connectivity index (χ3v) is 4.17. The zero-order chi connectivity index (χ0) is 12.8. The summed E-state index contributed by atoms with van der Waals surface area (Å²) in [4.78, 5) is 3.40. The predicted molar refractivity (Wildman–Crippen MR) is 77.8 cm³/mol. The highest BCUT2D eigenvalue weighted by Gasteiger charge is 2.12. The van der Waals surface area contributed by atoms with Crippen LogP contribution < -0.4 is 4.74 Å². The van der Waals surface area contributed by atoms with Crippen molar-refractivity contribution in [2.24, 2.45) is 0 Å². The molecule has 0 radical (unpaired) electrons. The van der Waals surface area contributed by atoms with E-state index in [1.807, 2.05) is 24.3 Å². The van der Waals surface area contributed by atoms with Crippen molar-refractivity contribution in [2.75, 3.05) is 7.11 Å². The maximum atomic E-state index is 5.24. The molecule has 4 aromatic rings. The molecule has 3 aromatic heterocycles. The Hall–Kier alpha value is -2.27. The van der Waals surface area contributed by atoms with Crippen LogP contribution in [-0.4, -0.2) is 22.3 Å². The van der Waals surface area contributed by atoms with E-state index in [1.165, 1.54) is 4.70 Å². The zero-order valence-corrected chi connectivity index (χ0v) is 11.0. The van der Waals surface area contributed by atoms with E-state index in [2.05, 4.69) is 26.6 Å². The van der Waals surface area contributed by atoms with Crippen LogP contribution in [-0.2, 0) is 0 Å². The summed E-state index contributed by atoms with van der Waals surface area (Å²) >= 11 is 1.69. The van der Waals surface area contributed by atoms with Gasteiger partial charge in [-0.25, -0.2) is 0 Å². The number of benzene rings is 1. The normalized spacial score (nSPS) is 11.4. The molecule has 0 spiro atoms. The molecule has 0 aliphatic rings. The van der Waals surface area contributed by atoms with E-state index >= 15 is 0 Å². The van der Waals surface area contributed by atoms with Gasteiger partial charge in [0.1, 0.15) is 11.4 Å². The van der Waals surface area contributed by atoms with Crippen LogP contribution in [0.3, 0.4) is 0 Å². The molecule has 0 unspecified atom stereocenters. The Labute approximate surface area is 113 Å². The Kier molecular flexibility index (Phi) is 2.16. The van der Waals surface area contributed by atoms with E-state index in [-0.39, 0.29) is 0 Å². The third-order valence-electron chi connectivity index (χ3n) is 3.25. The second-order valence-electron chi connectivity index (χ2n) is 4.37. The van der Waals surface area contributed by atoms with Gasteiger partial charge >= 0.3 is 0 Å². The molecular weight excluding hydrogens is 258 g/mol.